The van der Waals surface area contributed by atoms with Crippen molar-refractivity contribution in [1.29, 1.82) is 0 Å². The topological polar surface area (TPSA) is 77.8 Å². The molecule has 7 heteroatoms. The van der Waals surface area contributed by atoms with Crippen LogP contribution in [0, 0.1) is 0 Å². The van der Waals surface area contributed by atoms with Crippen LogP contribution in [0.2, 0.25) is 0 Å². The molecule has 0 unspecified atom stereocenters. The lowest BCUT2D eigenvalue weighted by Gasteiger charge is -2.13. The molecule has 122 valence electrons. The van der Waals surface area contributed by atoms with Gasteiger partial charge in [-0.2, -0.15) is 0 Å². The van der Waals surface area contributed by atoms with Crippen molar-refractivity contribution in [2.75, 3.05) is 7.11 Å². The van der Waals surface area contributed by atoms with Crippen LogP contribution in [0.3, 0.4) is 0 Å². The predicted molar refractivity (Wildman–Crippen MR) is 86.1 cm³/mol. The molecule has 0 bridgehead atoms. The van der Waals surface area contributed by atoms with E-state index < -0.39 is 12.1 Å². The first-order chi connectivity index (χ1) is 11.0. The smallest absolute Gasteiger partial charge is 0.375 e. The monoisotopic (exact) mass is 381 g/mol. The fourth-order valence-corrected chi connectivity index (χ4v) is 2.08. The summed E-state index contributed by atoms with van der Waals surface area (Å²) in [5, 5.41) is 2.70. The van der Waals surface area contributed by atoms with Crippen LogP contribution in [-0.4, -0.2) is 25.1 Å². The van der Waals surface area contributed by atoms with Crippen LogP contribution < -0.4 is 10.1 Å². The highest BCUT2D eigenvalue weighted by atomic mass is 79.9. The van der Waals surface area contributed by atoms with E-state index in [0.29, 0.717) is 11.2 Å². The number of amides is 1. The normalized spacial score (nSPS) is 11.6. The first kappa shape index (κ1) is 17.1. The molecule has 1 atom stereocenters. The maximum absolute atomic E-state index is 12.0. The molecule has 2 aromatic rings. The number of nitrogens with one attached hydrogen (secondary N) is 1. The number of methoxy groups -OCH3 is 1. The van der Waals surface area contributed by atoms with Crippen molar-refractivity contribution in [3.05, 3.63) is 52.4 Å². The molecule has 0 aliphatic rings. The highest BCUT2D eigenvalue weighted by Crippen LogP contribution is 2.15. The molecule has 2 rings (SSSR count). The summed E-state index contributed by atoms with van der Waals surface area (Å²) < 4.78 is 15.6. The Kier molecular flexibility index (Phi) is 5.81. The van der Waals surface area contributed by atoms with Gasteiger partial charge in [0.25, 0.3) is 5.91 Å². The second kappa shape index (κ2) is 7.82. The summed E-state index contributed by atoms with van der Waals surface area (Å²) in [6.45, 7) is 1.83. The highest BCUT2D eigenvalue weighted by Gasteiger charge is 2.20. The lowest BCUT2D eigenvalue weighted by Crippen LogP contribution is -2.35. The van der Waals surface area contributed by atoms with E-state index in [1.54, 1.807) is 25.3 Å². The molecular formula is C16H16BrNO5. The summed E-state index contributed by atoms with van der Waals surface area (Å²) in [7, 11) is 1.59. The molecule has 23 heavy (non-hydrogen) atoms. The zero-order valence-corrected chi connectivity index (χ0v) is 14.3. The number of hydrogen-bond donors (Lipinski definition) is 1. The van der Waals surface area contributed by atoms with Crippen LogP contribution in [0.25, 0.3) is 0 Å². The molecule has 1 aromatic heterocycles. The third-order valence-electron chi connectivity index (χ3n) is 3.05. The Bertz CT molecular complexity index is 680. The van der Waals surface area contributed by atoms with E-state index in [0.717, 1.165) is 11.3 Å². The first-order valence-electron chi connectivity index (χ1n) is 6.86. The van der Waals surface area contributed by atoms with Gasteiger partial charge in [0.1, 0.15) is 5.75 Å². The molecule has 0 aliphatic heterocycles. The fraction of sp³-hybridized carbons (Fsp3) is 0.250. The van der Waals surface area contributed by atoms with Crippen molar-refractivity contribution in [2.24, 2.45) is 0 Å². The molecule has 0 saturated heterocycles. The van der Waals surface area contributed by atoms with E-state index in [1.165, 1.54) is 13.0 Å². The summed E-state index contributed by atoms with van der Waals surface area (Å²) in [5.41, 5.74) is 0.910. The van der Waals surface area contributed by atoms with E-state index in [-0.39, 0.29) is 11.7 Å². The maximum atomic E-state index is 12.0. The zero-order valence-electron chi connectivity index (χ0n) is 12.7. The Hall–Kier alpha value is -2.28. The van der Waals surface area contributed by atoms with Crippen LogP contribution in [0.15, 0.2) is 45.5 Å². The molecule has 1 heterocycles. The predicted octanol–water partition coefficient (Wildman–Crippen LogP) is 2.91. The van der Waals surface area contributed by atoms with Crippen LogP contribution in [0.5, 0.6) is 5.75 Å². The summed E-state index contributed by atoms with van der Waals surface area (Å²) in [5.74, 6) is -0.304. The van der Waals surface area contributed by atoms with Crippen molar-refractivity contribution < 1.29 is 23.5 Å². The Morgan fingerprint density at radius 3 is 2.48 bits per heavy atom. The van der Waals surface area contributed by atoms with Crippen molar-refractivity contribution >= 4 is 27.8 Å². The third kappa shape index (κ3) is 4.85. The molecule has 0 radical (unpaired) electrons. The largest absolute Gasteiger partial charge is 0.497 e. The van der Waals surface area contributed by atoms with Gasteiger partial charge in [-0.05, 0) is 52.7 Å². The Morgan fingerprint density at radius 2 is 1.91 bits per heavy atom. The standard InChI is InChI=1S/C16H16BrNO5/c1-10(22-16(20)13-7-8-14(17)23-13)15(19)18-9-11-3-5-12(21-2)6-4-11/h3-8,10H,9H2,1-2H3,(H,18,19)/t10-/m0/s1. The van der Waals surface area contributed by atoms with E-state index in [2.05, 4.69) is 21.2 Å². The van der Waals surface area contributed by atoms with Crippen molar-refractivity contribution in [2.45, 2.75) is 19.6 Å². The summed E-state index contributed by atoms with van der Waals surface area (Å²) in [6.07, 6.45) is -0.926. The number of carbonyl (C=O) groups excluding carboxylic acids is 2. The number of furan rings is 1. The zero-order chi connectivity index (χ0) is 16.8. The molecule has 0 fully saturated rings. The average molecular weight is 382 g/mol. The van der Waals surface area contributed by atoms with Crippen molar-refractivity contribution in [3.63, 3.8) is 0 Å². The minimum Gasteiger partial charge on any atom is -0.497 e. The van der Waals surface area contributed by atoms with Gasteiger partial charge in [0.15, 0.2) is 10.8 Å². The number of esters is 1. The van der Waals surface area contributed by atoms with Crippen LogP contribution in [-0.2, 0) is 16.1 Å². The van der Waals surface area contributed by atoms with E-state index >= 15 is 0 Å². The minimum absolute atomic E-state index is 0.0340. The molecule has 0 aliphatic carbocycles. The number of ether oxygens (including phenoxy) is 2. The molecule has 1 N–H and O–H groups in total. The lowest BCUT2D eigenvalue weighted by atomic mass is 10.2. The van der Waals surface area contributed by atoms with Gasteiger partial charge in [-0.25, -0.2) is 4.79 Å². The second-order valence-electron chi connectivity index (χ2n) is 4.72. The first-order valence-corrected chi connectivity index (χ1v) is 7.66. The number of benzene rings is 1. The molecule has 0 saturated carbocycles. The van der Waals surface area contributed by atoms with Crippen LogP contribution in [0.1, 0.15) is 23.0 Å². The third-order valence-corrected chi connectivity index (χ3v) is 3.48. The molecular weight excluding hydrogens is 366 g/mol. The van der Waals surface area contributed by atoms with Gasteiger partial charge in [-0.15, -0.1) is 0 Å². The highest BCUT2D eigenvalue weighted by molar-refractivity contribution is 9.10. The van der Waals surface area contributed by atoms with Gasteiger partial charge in [-0.3, -0.25) is 4.79 Å². The number of carbonyl (C=O) groups is 2. The van der Waals surface area contributed by atoms with Gasteiger partial charge in [0, 0.05) is 6.54 Å². The van der Waals surface area contributed by atoms with Gasteiger partial charge in [0.2, 0.25) is 5.76 Å². The summed E-state index contributed by atoms with van der Waals surface area (Å²) in [4.78, 5) is 23.7. The Labute approximate surface area is 141 Å². The van der Waals surface area contributed by atoms with Gasteiger partial charge < -0.3 is 19.2 Å². The maximum Gasteiger partial charge on any atom is 0.375 e. The quantitative estimate of drug-likeness (QED) is 0.778. The summed E-state index contributed by atoms with van der Waals surface area (Å²) in [6, 6.07) is 10.3. The molecule has 6 nitrogen and oxygen atoms in total. The Balaban J connectivity index is 1.83. The van der Waals surface area contributed by atoms with Crippen LogP contribution in [0.4, 0.5) is 0 Å². The van der Waals surface area contributed by atoms with Gasteiger partial charge in [-0.1, -0.05) is 12.1 Å². The van der Waals surface area contributed by atoms with Crippen molar-refractivity contribution in [3.8, 4) is 5.75 Å². The number of rotatable bonds is 6. The second-order valence-corrected chi connectivity index (χ2v) is 5.50. The summed E-state index contributed by atoms with van der Waals surface area (Å²) >= 11 is 3.09. The van der Waals surface area contributed by atoms with E-state index in [4.69, 9.17) is 13.9 Å². The number of halogens is 1. The average Bonchev–Trinajstić information content (AvgIpc) is 2.99. The van der Waals surface area contributed by atoms with E-state index in [9.17, 15) is 9.59 Å². The molecule has 0 spiro atoms. The lowest BCUT2D eigenvalue weighted by molar-refractivity contribution is -0.129. The van der Waals surface area contributed by atoms with Gasteiger partial charge in [0.05, 0.1) is 7.11 Å². The van der Waals surface area contributed by atoms with Crippen LogP contribution >= 0.6 is 15.9 Å². The fourth-order valence-electron chi connectivity index (χ4n) is 1.77. The minimum atomic E-state index is -0.926. The number of hydrogen-bond acceptors (Lipinski definition) is 5. The molecule has 1 amide bonds. The SMILES string of the molecule is COc1ccc(CNC(=O)[C@H](C)OC(=O)c2ccc(Br)o2)cc1. The van der Waals surface area contributed by atoms with Gasteiger partial charge >= 0.3 is 5.97 Å². The Morgan fingerprint density at radius 1 is 1.22 bits per heavy atom. The van der Waals surface area contributed by atoms with E-state index in [1.807, 2.05) is 12.1 Å². The molecule has 1 aromatic carbocycles. The van der Waals surface area contributed by atoms with Crippen molar-refractivity contribution in [1.82, 2.24) is 5.32 Å².